The topological polar surface area (TPSA) is 126 Å². The van der Waals surface area contributed by atoms with Gasteiger partial charge in [0.05, 0.1) is 11.9 Å². The molecule has 0 saturated heterocycles. The van der Waals surface area contributed by atoms with Crippen molar-refractivity contribution in [2.24, 2.45) is 0 Å². The number of aromatic carboxylic acids is 2. The molecule has 23 heavy (non-hydrogen) atoms. The number of rotatable bonds is 5. The van der Waals surface area contributed by atoms with Crippen LogP contribution in [0.4, 0.5) is 5.69 Å². The second-order valence-electron chi connectivity index (χ2n) is 4.41. The number of carbonyl (C=O) groups is 2. The van der Waals surface area contributed by atoms with Gasteiger partial charge in [0.1, 0.15) is 4.90 Å². The van der Waals surface area contributed by atoms with Gasteiger partial charge in [0, 0.05) is 10.2 Å². The van der Waals surface area contributed by atoms with Crippen LogP contribution in [0.25, 0.3) is 0 Å². The number of carboxylic acid groups (broad SMARTS) is 2. The quantitative estimate of drug-likeness (QED) is 0.754. The highest BCUT2D eigenvalue weighted by atomic mass is 79.9. The van der Waals surface area contributed by atoms with E-state index < -0.39 is 22.0 Å². The van der Waals surface area contributed by atoms with E-state index >= 15 is 0 Å². The average molecular weight is 398 g/mol. The molecule has 0 aliphatic rings. The Hall–Kier alpha value is -2.39. The summed E-state index contributed by atoms with van der Waals surface area (Å²) in [6, 6.07) is 8.41. The van der Waals surface area contributed by atoms with Crippen molar-refractivity contribution in [1.82, 2.24) is 0 Å². The molecular weight excluding hydrogens is 390 g/mol. The number of carboxylic acids is 2. The Morgan fingerprint density at radius 1 is 0.957 bits per heavy atom. The Balaban J connectivity index is 2.43. The zero-order valence-corrected chi connectivity index (χ0v) is 13.7. The normalized spacial score (nSPS) is 11.0. The number of benzene rings is 2. The molecule has 0 saturated carbocycles. The first kappa shape index (κ1) is 17.0. The third-order valence-corrected chi connectivity index (χ3v) is 5.18. The number of hydrogen-bond donors (Lipinski definition) is 1. The van der Waals surface area contributed by atoms with E-state index in [0.717, 1.165) is 12.1 Å². The zero-order chi connectivity index (χ0) is 17.2. The van der Waals surface area contributed by atoms with E-state index in [9.17, 15) is 28.2 Å². The van der Waals surface area contributed by atoms with E-state index in [1.165, 1.54) is 30.3 Å². The van der Waals surface area contributed by atoms with Gasteiger partial charge in [0.25, 0.3) is 10.0 Å². The summed E-state index contributed by atoms with van der Waals surface area (Å²) in [4.78, 5) is 21.3. The van der Waals surface area contributed by atoms with Crippen LogP contribution < -0.4 is 14.9 Å². The summed E-state index contributed by atoms with van der Waals surface area (Å²) in [6.45, 7) is 0. The number of carbonyl (C=O) groups excluding carboxylic acids is 2. The maximum atomic E-state index is 12.4. The lowest BCUT2D eigenvalue weighted by Gasteiger charge is -2.12. The third-order valence-electron chi connectivity index (χ3n) is 2.81. The average Bonchev–Trinajstić information content (AvgIpc) is 2.47. The first-order valence-corrected chi connectivity index (χ1v) is 8.33. The summed E-state index contributed by atoms with van der Waals surface area (Å²) in [7, 11) is -4.14. The molecular formula is C14H8BrNO6S-2. The van der Waals surface area contributed by atoms with Crippen LogP contribution in [0.5, 0.6) is 0 Å². The van der Waals surface area contributed by atoms with Gasteiger partial charge in [-0.3, -0.25) is 4.72 Å². The van der Waals surface area contributed by atoms with Gasteiger partial charge < -0.3 is 19.8 Å². The van der Waals surface area contributed by atoms with Crippen LogP contribution in [0.3, 0.4) is 0 Å². The molecule has 0 heterocycles. The SMILES string of the molecule is O=C([O-])c1cccc(NS(=O)(=O)c2cc(C(=O)[O-])ccc2Br)c1. The number of anilines is 1. The van der Waals surface area contributed by atoms with Gasteiger partial charge in [-0.25, -0.2) is 8.42 Å². The lowest BCUT2D eigenvalue weighted by Crippen LogP contribution is -2.23. The maximum Gasteiger partial charge on any atom is 0.263 e. The van der Waals surface area contributed by atoms with Crippen molar-refractivity contribution in [3.05, 3.63) is 58.1 Å². The minimum Gasteiger partial charge on any atom is -0.545 e. The van der Waals surface area contributed by atoms with Crippen LogP contribution in [0.15, 0.2) is 51.8 Å². The van der Waals surface area contributed by atoms with Crippen LogP contribution in [0.1, 0.15) is 20.7 Å². The van der Waals surface area contributed by atoms with Crippen molar-refractivity contribution in [2.45, 2.75) is 4.90 Å². The fraction of sp³-hybridized carbons (Fsp3) is 0. The fourth-order valence-corrected chi connectivity index (χ4v) is 3.80. The highest BCUT2D eigenvalue weighted by Gasteiger charge is 2.19. The molecule has 2 rings (SSSR count). The summed E-state index contributed by atoms with van der Waals surface area (Å²) < 4.78 is 27.0. The summed E-state index contributed by atoms with van der Waals surface area (Å²) in [5.74, 6) is -2.97. The monoisotopic (exact) mass is 397 g/mol. The van der Waals surface area contributed by atoms with Crippen molar-refractivity contribution in [1.29, 1.82) is 0 Å². The Bertz CT molecular complexity index is 894. The number of sulfonamides is 1. The molecule has 2 aromatic carbocycles. The van der Waals surface area contributed by atoms with E-state index in [1.807, 2.05) is 0 Å². The molecule has 120 valence electrons. The Kier molecular flexibility index (Phi) is 4.71. The van der Waals surface area contributed by atoms with E-state index in [4.69, 9.17) is 0 Å². The Morgan fingerprint density at radius 3 is 2.17 bits per heavy atom. The van der Waals surface area contributed by atoms with Crippen LogP contribution >= 0.6 is 15.9 Å². The molecule has 2 aromatic rings. The van der Waals surface area contributed by atoms with Crippen LogP contribution in [0.2, 0.25) is 0 Å². The van der Waals surface area contributed by atoms with Crippen LogP contribution in [-0.4, -0.2) is 20.4 Å². The molecule has 9 heteroatoms. The van der Waals surface area contributed by atoms with E-state index in [1.54, 1.807) is 0 Å². The second-order valence-corrected chi connectivity index (χ2v) is 6.91. The zero-order valence-electron chi connectivity index (χ0n) is 11.3. The summed E-state index contributed by atoms with van der Waals surface area (Å²) in [6.07, 6.45) is 0. The van der Waals surface area contributed by atoms with Gasteiger partial charge in [-0.05, 0) is 51.3 Å². The Morgan fingerprint density at radius 2 is 1.57 bits per heavy atom. The molecule has 0 aromatic heterocycles. The smallest absolute Gasteiger partial charge is 0.263 e. The molecule has 7 nitrogen and oxygen atoms in total. The number of halogens is 1. The summed E-state index contributed by atoms with van der Waals surface area (Å²) in [5.41, 5.74) is -0.512. The highest BCUT2D eigenvalue weighted by molar-refractivity contribution is 9.10. The van der Waals surface area contributed by atoms with Gasteiger partial charge in [-0.2, -0.15) is 0 Å². The lowest BCUT2D eigenvalue weighted by atomic mass is 10.2. The molecule has 0 radical (unpaired) electrons. The van der Waals surface area contributed by atoms with E-state index in [-0.39, 0.29) is 26.2 Å². The molecule has 0 unspecified atom stereocenters. The highest BCUT2D eigenvalue weighted by Crippen LogP contribution is 2.25. The fourth-order valence-electron chi connectivity index (χ4n) is 1.76. The molecule has 1 N–H and O–H groups in total. The van der Waals surface area contributed by atoms with Crippen LogP contribution in [0, 0.1) is 0 Å². The van der Waals surface area contributed by atoms with E-state index in [0.29, 0.717) is 0 Å². The summed E-state index contributed by atoms with van der Waals surface area (Å²) >= 11 is 3.03. The first-order chi connectivity index (χ1) is 10.7. The van der Waals surface area contributed by atoms with Crippen molar-refractivity contribution < 1.29 is 28.2 Å². The molecule has 0 aliphatic carbocycles. The molecule has 0 bridgehead atoms. The lowest BCUT2D eigenvalue weighted by molar-refractivity contribution is -0.256. The van der Waals surface area contributed by atoms with Gasteiger partial charge in [0.2, 0.25) is 0 Å². The van der Waals surface area contributed by atoms with Crippen LogP contribution in [-0.2, 0) is 10.0 Å². The molecule has 0 aliphatic heterocycles. The van der Waals surface area contributed by atoms with Gasteiger partial charge in [0.15, 0.2) is 0 Å². The predicted molar refractivity (Wildman–Crippen MR) is 80.1 cm³/mol. The third kappa shape index (κ3) is 3.88. The van der Waals surface area contributed by atoms with Crippen molar-refractivity contribution in [2.75, 3.05) is 4.72 Å². The Labute approximate surface area is 139 Å². The number of hydrogen-bond acceptors (Lipinski definition) is 6. The number of nitrogens with one attached hydrogen (secondary N) is 1. The second kappa shape index (κ2) is 6.39. The van der Waals surface area contributed by atoms with Crippen molar-refractivity contribution in [3.63, 3.8) is 0 Å². The minimum absolute atomic E-state index is 0.00236. The van der Waals surface area contributed by atoms with Gasteiger partial charge in [-0.15, -0.1) is 0 Å². The largest absolute Gasteiger partial charge is 0.545 e. The molecule has 0 amide bonds. The molecule has 0 atom stereocenters. The van der Waals surface area contributed by atoms with E-state index in [2.05, 4.69) is 20.7 Å². The predicted octanol–water partition coefficient (Wildman–Crippen LogP) is -0.0231. The van der Waals surface area contributed by atoms with Crippen molar-refractivity contribution >= 4 is 43.6 Å². The minimum atomic E-state index is -4.14. The maximum absolute atomic E-state index is 12.4. The molecule has 0 fully saturated rings. The van der Waals surface area contributed by atoms with Gasteiger partial charge in [-0.1, -0.05) is 18.2 Å². The van der Waals surface area contributed by atoms with Crippen molar-refractivity contribution in [3.8, 4) is 0 Å². The standard InChI is InChI=1S/C14H10BrNO6S/c15-11-5-4-9(14(19)20)7-12(11)23(21,22)16-10-3-1-2-8(6-10)13(17)18/h1-7,16H,(H,17,18)(H,19,20)/p-2. The summed E-state index contributed by atoms with van der Waals surface area (Å²) in [5, 5.41) is 21.6. The van der Waals surface area contributed by atoms with Gasteiger partial charge >= 0.3 is 0 Å². The first-order valence-electron chi connectivity index (χ1n) is 6.06. The molecule has 0 spiro atoms.